The molecule has 5 nitrogen and oxygen atoms in total. The molecule has 0 aliphatic heterocycles. The van der Waals surface area contributed by atoms with E-state index < -0.39 is 0 Å². The number of carbonyl (C=O) groups is 1. The predicted octanol–water partition coefficient (Wildman–Crippen LogP) is 2.99. The number of imidazole rings is 1. The van der Waals surface area contributed by atoms with E-state index in [2.05, 4.69) is 4.98 Å². The molecule has 0 aliphatic rings. The standard InChI is InChI=1S/C17H17N3O2/c1-2-19(17(21)9-8-15-6-5-11-22-15)13-14-12-18-16-7-3-4-10-20(14)16/h3-12H,2,13H2,1H3. The number of nitrogens with zero attached hydrogens (tertiary/aromatic N) is 3. The Morgan fingerprint density at radius 3 is 3.05 bits per heavy atom. The molecule has 0 N–H and O–H groups in total. The van der Waals surface area contributed by atoms with Gasteiger partial charge < -0.3 is 13.7 Å². The van der Waals surface area contributed by atoms with Gasteiger partial charge in [-0.2, -0.15) is 0 Å². The first-order valence-electron chi connectivity index (χ1n) is 7.19. The number of hydrogen-bond donors (Lipinski definition) is 0. The molecular weight excluding hydrogens is 278 g/mol. The van der Waals surface area contributed by atoms with Crippen LogP contribution in [0.1, 0.15) is 18.4 Å². The van der Waals surface area contributed by atoms with Crippen LogP contribution in [0.4, 0.5) is 0 Å². The second-order valence-electron chi connectivity index (χ2n) is 4.88. The third-order valence-electron chi connectivity index (χ3n) is 3.47. The van der Waals surface area contributed by atoms with E-state index in [-0.39, 0.29) is 5.91 Å². The molecule has 3 heterocycles. The lowest BCUT2D eigenvalue weighted by Gasteiger charge is -2.18. The fourth-order valence-electron chi connectivity index (χ4n) is 2.29. The van der Waals surface area contributed by atoms with Gasteiger partial charge in [0.2, 0.25) is 5.91 Å². The number of pyridine rings is 1. The lowest BCUT2D eigenvalue weighted by atomic mass is 10.3. The first-order chi connectivity index (χ1) is 10.8. The molecule has 22 heavy (non-hydrogen) atoms. The summed E-state index contributed by atoms with van der Waals surface area (Å²) in [7, 11) is 0. The number of rotatable bonds is 5. The molecular formula is C17H17N3O2. The maximum atomic E-state index is 12.3. The first kappa shape index (κ1) is 14.1. The topological polar surface area (TPSA) is 50.8 Å². The molecule has 112 valence electrons. The van der Waals surface area contributed by atoms with Crippen LogP contribution >= 0.6 is 0 Å². The minimum atomic E-state index is -0.0511. The highest BCUT2D eigenvalue weighted by Gasteiger charge is 2.12. The molecule has 3 aromatic rings. The van der Waals surface area contributed by atoms with Crippen LogP contribution < -0.4 is 0 Å². The Labute approximate surface area is 128 Å². The van der Waals surface area contributed by atoms with E-state index in [4.69, 9.17) is 4.42 Å². The zero-order valence-corrected chi connectivity index (χ0v) is 12.3. The van der Waals surface area contributed by atoms with Crippen LogP contribution in [-0.2, 0) is 11.3 Å². The van der Waals surface area contributed by atoms with Crippen molar-refractivity contribution in [3.63, 3.8) is 0 Å². The Balaban J connectivity index is 1.75. The van der Waals surface area contributed by atoms with Crippen LogP contribution in [0.15, 0.2) is 59.5 Å². The minimum absolute atomic E-state index is 0.0511. The summed E-state index contributed by atoms with van der Waals surface area (Å²) >= 11 is 0. The maximum Gasteiger partial charge on any atom is 0.247 e. The molecule has 1 amide bonds. The van der Waals surface area contributed by atoms with Gasteiger partial charge in [-0.3, -0.25) is 4.79 Å². The van der Waals surface area contributed by atoms with Gasteiger partial charge in [0.05, 0.1) is 24.7 Å². The summed E-state index contributed by atoms with van der Waals surface area (Å²) < 4.78 is 7.18. The highest BCUT2D eigenvalue weighted by atomic mass is 16.3. The number of aromatic nitrogens is 2. The minimum Gasteiger partial charge on any atom is -0.465 e. The lowest BCUT2D eigenvalue weighted by Crippen LogP contribution is -2.29. The van der Waals surface area contributed by atoms with Crippen molar-refractivity contribution in [2.75, 3.05) is 6.54 Å². The molecule has 0 saturated carbocycles. The Kier molecular flexibility index (Phi) is 4.05. The molecule has 0 unspecified atom stereocenters. The van der Waals surface area contributed by atoms with Crippen LogP contribution in [0.3, 0.4) is 0 Å². The van der Waals surface area contributed by atoms with Gasteiger partial charge in [0.15, 0.2) is 0 Å². The summed E-state index contributed by atoms with van der Waals surface area (Å²) in [6.45, 7) is 3.10. The Morgan fingerprint density at radius 2 is 2.27 bits per heavy atom. The maximum absolute atomic E-state index is 12.3. The molecule has 0 bridgehead atoms. The van der Waals surface area contributed by atoms with Crippen molar-refractivity contribution in [3.8, 4) is 0 Å². The second-order valence-corrected chi connectivity index (χ2v) is 4.88. The number of hydrogen-bond acceptors (Lipinski definition) is 3. The number of likely N-dealkylation sites (N-methyl/N-ethyl adjacent to an activating group) is 1. The average Bonchev–Trinajstić information content (AvgIpc) is 3.20. The zero-order chi connectivity index (χ0) is 15.4. The van der Waals surface area contributed by atoms with Gasteiger partial charge in [-0.05, 0) is 37.3 Å². The summed E-state index contributed by atoms with van der Waals surface area (Å²) in [5, 5.41) is 0. The quantitative estimate of drug-likeness (QED) is 0.680. The number of amides is 1. The fraction of sp³-hybridized carbons (Fsp3) is 0.176. The third-order valence-corrected chi connectivity index (χ3v) is 3.47. The van der Waals surface area contributed by atoms with Crippen molar-refractivity contribution in [1.29, 1.82) is 0 Å². The van der Waals surface area contributed by atoms with Gasteiger partial charge in [-0.15, -0.1) is 0 Å². The van der Waals surface area contributed by atoms with Crippen molar-refractivity contribution in [2.45, 2.75) is 13.5 Å². The van der Waals surface area contributed by atoms with Gasteiger partial charge in [0.25, 0.3) is 0 Å². The monoisotopic (exact) mass is 295 g/mol. The lowest BCUT2D eigenvalue weighted by molar-refractivity contribution is -0.126. The Morgan fingerprint density at radius 1 is 1.36 bits per heavy atom. The average molecular weight is 295 g/mol. The first-order valence-corrected chi connectivity index (χ1v) is 7.19. The summed E-state index contributed by atoms with van der Waals surface area (Å²) in [5.74, 6) is 0.615. The highest BCUT2D eigenvalue weighted by molar-refractivity contribution is 5.91. The molecule has 0 atom stereocenters. The summed E-state index contributed by atoms with van der Waals surface area (Å²) in [6, 6.07) is 9.44. The summed E-state index contributed by atoms with van der Waals surface area (Å²) in [5.41, 5.74) is 1.87. The second kappa shape index (κ2) is 6.30. The van der Waals surface area contributed by atoms with Crippen molar-refractivity contribution in [2.24, 2.45) is 0 Å². The van der Waals surface area contributed by atoms with Crippen molar-refractivity contribution < 1.29 is 9.21 Å². The molecule has 3 aromatic heterocycles. The molecule has 0 fully saturated rings. The van der Waals surface area contributed by atoms with Crippen molar-refractivity contribution in [3.05, 3.63) is 66.5 Å². The Bertz CT molecular complexity index is 787. The largest absolute Gasteiger partial charge is 0.465 e. The van der Waals surface area contributed by atoms with Crippen molar-refractivity contribution >= 4 is 17.6 Å². The predicted molar refractivity (Wildman–Crippen MR) is 84.0 cm³/mol. The fourth-order valence-corrected chi connectivity index (χ4v) is 2.29. The molecule has 0 aromatic carbocycles. The van der Waals surface area contributed by atoms with Gasteiger partial charge in [0, 0.05) is 18.8 Å². The summed E-state index contributed by atoms with van der Waals surface area (Å²) in [6.07, 6.45) is 8.56. The molecule has 0 spiro atoms. The van der Waals surface area contributed by atoms with Gasteiger partial charge in [-0.25, -0.2) is 4.98 Å². The van der Waals surface area contributed by atoms with Crippen LogP contribution in [0.5, 0.6) is 0 Å². The number of furan rings is 1. The van der Waals surface area contributed by atoms with Gasteiger partial charge in [0.1, 0.15) is 11.4 Å². The van der Waals surface area contributed by atoms with E-state index in [1.54, 1.807) is 23.3 Å². The van der Waals surface area contributed by atoms with Crippen molar-refractivity contribution in [1.82, 2.24) is 14.3 Å². The van der Waals surface area contributed by atoms with Crippen LogP contribution in [0.2, 0.25) is 0 Å². The van der Waals surface area contributed by atoms with E-state index in [9.17, 15) is 4.79 Å². The highest BCUT2D eigenvalue weighted by Crippen LogP contribution is 2.10. The SMILES string of the molecule is CCN(Cc1cnc2ccccn12)C(=O)C=Cc1ccco1. The molecule has 0 aliphatic carbocycles. The van der Waals surface area contributed by atoms with Gasteiger partial charge in [-0.1, -0.05) is 6.07 Å². The van der Waals surface area contributed by atoms with E-state index in [0.29, 0.717) is 18.8 Å². The number of fused-ring (bicyclic) bond motifs is 1. The van der Waals surface area contributed by atoms with E-state index in [0.717, 1.165) is 11.3 Å². The van der Waals surface area contributed by atoms with E-state index in [1.807, 2.05) is 48.0 Å². The molecule has 3 rings (SSSR count). The zero-order valence-electron chi connectivity index (χ0n) is 12.3. The van der Waals surface area contributed by atoms with Gasteiger partial charge >= 0.3 is 0 Å². The van der Waals surface area contributed by atoms with E-state index in [1.165, 1.54) is 6.08 Å². The smallest absolute Gasteiger partial charge is 0.247 e. The molecule has 5 heteroatoms. The van der Waals surface area contributed by atoms with E-state index >= 15 is 0 Å². The third kappa shape index (κ3) is 2.93. The van der Waals surface area contributed by atoms with Crippen LogP contribution in [-0.4, -0.2) is 26.7 Å². The number of carbonyl (C=O) groups excluding carboxylic acids is 1. The van der Waals surface area contributed by atoms with Crippen LogP contribution in [0, 0.1) is 0 Å². The van der Waals surface area contributed by atoms with Crippen LogP contribution in [0.25, 0.3) is 11.7 Å². The summed E-state index contributed by atoms with van der Waals surface area (Å²) in [4.78, 5) is 18.4. The molecule has 0 saturated heterocycles. The molecule has 0 radical (unpaired) electrons. The Hall–Kier alpha value is -2.82. The normalized spacial score (nSPS) is 11.3.